The van der Waals surface area contributed by atoms with Crippen molar-refractivity contribution >= 4 is 16.7 Å². The highest BCUT2D eigenvalue weighted by atomic mass is 32.2. The van der Waals surface area contributed by atoms with E-state index in [-0.39, 0.29) is 5.91 Å². The Morgan fingerprint density at radius 3 is 2.67 bits per heavy atom. The second-order valence-corrected chi connectivity index (χ2v) is 5.02. The first-order valence-corrected chi connectivity index (χ1v) is 6.56. The van der Waals surface area contributed by atoms with Crippen molar-refractivity contribution in [3.63, 3.8) is 0 Å². The second-order valence-electron chi connectivity index (χ2n) is 3.32. The van der Waals surface area contributed by atoms with E-state index in [0.717, 1.165) is 6.42 Å². The molecule has 0 radical (unpaired) electrons. The van der Waals surface area contributed by atoms with E-state index >= 15 is 0 Å². The summed E-state index contributed by atoms with van der Waals surface area (Å²) in [6.45, 7) is 2.43. The Balaban J connectivity index is 3.73. The number of nitriles is 1. The molecule has 5 heteroatoms. The molecule has 86 valence electrons. The SMILES string of the molecule is CCCS(=O)CCC(=O)N(C)CCC#N. The summed E-state index contributed by atoms with van der Waals surface area (Å²) in [5.74, 6) is 1.06. The average Bonchev–Trinajstić information content (AvgIpc) is 2.22. The van der Waals surface area contributed by atoms with Crippen molar-refractivity contribution in [3.05, 3.63) is 0 Å². The molecule has 0 aliphatic carbocycles. The zero-order valence-corrected chi connectivity index (χ0v) is 10.2. The summed E-state index contributed by atoms with van der Waals surface area (Å²) in [4.78, 5) is 13.0. The minimum absolute atomic E-state index is 0.0327. The standard InChI is InChI=1S/C10H18N2O2S/c1-3-8-15(14)9-5-10(13)12(2)7-4-6-11/h3-5,7-9H2,1-2H3. The molecular weight excluding hydrogens is 212 g/mol. The maximum absolute atomic E-state index is 11.4. The molecule has 4 nitrogen and oxygen atoms in total. The van der Waals surface area contributed by atoms with E-state index in [2.05, 4.69) is 0 Å². The van der Waals surface area contributed by atoms with Gasteiger partial charge < -0.3 is 4.90 Å². The van der Waals surface area contributed by atoms with Crippen molar-refractivity contribution in [1.82, 2.24) is 4.90 Å². The highest BCUT2D eigenvalue weighted by molar-refractivity contribution is 7.84. The van der Waals surface area contributed by atoms with E-state index in [0.29, 0.717) is 30.9 Å². The number of nitrogens with zero attached hydrogens (tertiary/aromatic N) is 2. The number of rotatable bonds is 7. The van der Waals surface area contributed by atoms with E-state index in [1.807, 2.05) is 13.0 Å². The van der Waals surface area contributed by atoms with E-state index in [1.54, 1.807) is 7.05 Å². The van der Waals surface area contributed by atoms with E-state index < -0.39 is 10.8 Å². The van der Waals surface area contributed by atoms with Crippen LogP contribution in [0, 0.1) is 11.3 Å². The van der Waals surface area contributed by atoms with Gasteiger partial charge in [0.1, 0.15) is 0 Å². The number of carbonyl (C=O) groups excluding carboxylic acids is 1. The first-order valence-electron chi connectivity index (χ1n) is 5.07. The molecule has 1 amide bonds. The molecule has 15 heavy (non-hydrogen) atoms. The van der Waals surface area contributed by atoms with Gasteiger partial charge in [-0.05, 0) is 6.42 Å². The predicted octanol–water partition coefficient (Wildman–Crippen LogP) is 0.907. The summed E-state index contributed by atoms with van der Waals surface area (Å²) in [5.41, 5.74) is 0. The fourth-order valence-electron chi connectivity index (χ4n) is 1.06. The van der Waals surface area contributed by atoms with Crippen LogP contribution < -0.4 is 0 Å². The quantitative estimate of drug-likeness (QED) is 0.653. The summed E-state index contributed by atoms with van der Waals surface area (Å²) < 4.78 is 11.3. The van der Waals surface area contributed by atoms with Gasteiger partial charge in [0.25, 0.3) is 0 Å². The molecule has 0 aliphatic heterocycles. The Kier molecular flexibility index (Phi) is 7.92. The number of amides is 1. The normalized spacial score (nSPS) is 11.8. The lowest BCUT2D eigenvalue weighted by Crippen LogP contribution is -2.28. The van der Waals surface area contributed by atoms with Crippen LogP contribution in [0.3, 0.4) is 0 Å². The molecule has 0 N–H and O–H groups in total. The van der Waals surface area contributed by atoms with Gasteiger partial charge in [0.05, 0.1) is 12.5 Å². The molecule has 0 aromatic rings. The van der Waals surface area contributed by atoms with E-state index in [9.17, 15) is 9.00 Å². The maximum atomic E-state index is 11.4. The van der Waals surface area contributed by atoms with Crippen molar-refractivity contribution in [2.75, 3.05) is 25.1 Å². The van der Waals surface area contributed by atoms with Crippen LogP contribution in [-0.4, -0.2) is 40.1 Å². The Labute approximate surface area is 93.7 Å². The molecule has 0 aliphatic rings. The van der Waals surface area contributed by atoms with Gasteiger partial charge in [-0.25, -0.2) is 0 Å². The molecule has 0 aromatic heterocycles. The zero-order chi connectivity index (χ0) is 11.7. The van der Waals surface area contributed by atoms with Crippen molar-refractivity contribution in [1.29, 1.82) is 5.26 Å². The minimum atomic E-state index is -0.875. The van der Waals surface area contributed by atoms with Crippen LogP contribution in [0.1, 0.15) is 26.2 Å². The third-order valence-corrected chi connectivity index (χ3v) is 3.48. The molecule has 0 saturated heterocycles. The summed E-state index contributed by atoms with van der Waals surface area (Å²) in [6.07, 6.45) is 1.54. The third-order valence-electron chi connectivity index (χ3n) is 1.96. The Morgan fingerprint density at radius 1 is 1.47 bits per heavy atom. The van der Waals surface area contributed by atoms with Gasteiger partial charge in [-0.1, -0.05) is 6.92 Å². The zero-order valence-electron chi connectivity index (χ0n) is 9.36. The molecule has 0 bridgehead atoms. The van der Waals surface area contributed by atoms with Crippen LogP contribution in [0.4, 0.5) is 0 Å². The van der Waals surface area contributed by atoms with Gasteiger partial charge >= 0.3 is 0 Å². The first-order chi connectivity index (χ1) is 7.11. The first kappa shape index (κ1) is 14.1. The van der Waals surface area contributed by atoms with E-state index in [4.69, 9.17) is 5.26 Å². The van der Waals surface area contributed by atoms with Gasteiger partial charge in [0.15, 0.2) is 0 Å². The molecular formula is C10H18N2O2S. The van der Waals surface area contributed by atoms with Crippen LogP contribution in [0.25, 0.3) is 0 Å². The smallest absolute Gasteiger partial charge is 0.223 e. The summed E-state index contributed by atoms with van der Waals surface area (Å²) >= 11 is 0. The highest BCUT2D eigenvalue weighted by Gasteiger charge is 2.09. The van der Waals surface area contributed by atoms with Crippen molar-refractivity contribution < 1.29 is 9.00 Å². The van der Waals surface area contributed by atoms with Crippen LogP contribution in [-0.2, 0) is 15.6 Å². The monoisotopic (exact) mass is 230 g/mol. The molecule has 0 aromatic carbocycles. The van der Waals surface area contributed by atoms with Crippen LogP contribution in [0.2, 0.25) is 0 Å². The van der Waals surface area contributed by atoms with Crippen molar-refractivity contribution in [2.45, 2.75) is 26.2 Å². The van der Waals surface area contributed by atoms with E-state index in [1.165, 1.54) is 4.90 Å². The van der Waals surface area contributed by atoms with Crippen molar-refractivity contribution in [3.8, 4) is 6.07 Å². The molecule has 0 fully saturated rings. The van der Waals surface area contributed by atoms with Crippen LogP contribution >= 0.6 is 0 Å². The van der Waals surface area contributed by atoms with Gasteiger partial charge in [0, 0.05) is 42.3 Å². The lowest BCUT2D eigenvalue weighted by molar-refractivity contribution is -0.129. The molecule has 1 unspecified atom stereocenters. The molecule has 1 atom stereocenters. The van der Waals surface area contributed by atoms with Crippen LogP contribution in [0.5, 0.6) is 0 Å². The largest absolute Gasteiger partial charge is 0.345 e. The minimum Gasteiger partial charge on any atom is -0.345 e. The molecule has 0 rings (SSSR count). The fourth-order valence-corrected chi connectivity index (χ4v) is 2.13. The second kappa shape index (κ2) is 8.42. The van der Waals surface area contributed by atoms with Crippen molar-refractivity contribution in [2.24, 2.45) is 0 Å². The number of carbonyl (C=O) groups is 1. The van der Waals surface area contributed by atoms with Gasteiger partial charge in [0.2, 0.25) is 5.91 Å². The number of hydrogen-bond donors (Lipinski definition) is 0. The summed E-state index contributed by atoms with van der Waals surface area (Å²) in [5, 5.41) is 8.35. The third kappa shape index (κ3) is 7.09. The summed E-state index contributed by atoms with van der Waals surface area (Å²) in [7, 11) is 0.794. The van der Waals surface area contributed by atoms with Gasteiger partial charge in [-0.15, -0.1) is 0 Å². The Morgan fingerprint density at radius 2 is 2.13 bits per heavy atom. The lowest BCUT2D eigenvalue weighted by Gasteiger charge is -2.14. The number of hydrogen-bond acceptors (Lipinski definition) is 3. The molecule has 0 saturated carbocycles. The van der Waals surface area contributed by atoms with Crippen LogP contribution in [0.15, 0.2) is 0 Å². The maximum Gasteiger partial charge on any atom is 0.223 e. The Hall–Kier alpha value is -0.890. The van der Waals surface area contributed by atoms with Gasteiger partial charge in [-0.3, -0.25) is 9.00 Å². The summed E-state index contributed by atoms with van der Waals surface area (Å²) in [6, 6.07) is 1.98. The van der Waals surface area contributed by atoms with Gasteiger partial charge in [-0.2, -0.15) is 5.26 Å². The molecule has 0 spiro atoms. The Bertz CT molecular complexity index is 261. The lowest BCUT2D eigenvalue weighted by atomic mass is 10.3. The topological polar surface area (TPSA) is 61.2 Å². The predicted molar refractivity (Wildman–Crippen MR) is 60.7 cm³/mol. The highest BCUT2D eigenvalue weighted by Crippen LogP contribution is 1.96. The molecule has 0 heterocycles. The fraction of sp³-hybridized carbons (Fsp3) is 0.800. The average molecular weight is 230 g/mol.